The van der Waals surface area contributed by atoms with E-state index < -0.39 is 328 Å². The maximum atomic E-state index is 12.9. The smallest absolute Gasteiger partial charge is 0.217 e. The molecule has 26 N–H and O–H groups in total. The third-order valence-electron chi connectivity index (χ3n) is 18.7. The van der Waals surface area contributed by atoms with Gasteiger partial charge in [-0.2, -0.15) is 0 Å². The van der Waals surface area contributed by atoms with Crippen molar-refractivity contribution in [2.75, 3.05) is 52.9 Å². The summed E-state index contributed by atoms with van der Waals surface area (Å²) in [5, 5.41) is 245. The second kappa shape index (κ2) is 37.5. The van der Waals surface area contributed by atoms with Gasteiger partial charge in [0.05, 0.1) is 52.9 Å². The fourth-order valence-electron chi connectivity index (χ4n) is 13.4. The van der Waals surface area contributed by atoms with Crippen LogP contribution in [-0.2, 0) is 95.0 Å². The zero-order valence-corrected chi connectivity index (χ0v) is 56.3. The Balaban J connectivity index is 1.14. The number of carbonyl (C=O) groups excluding carboxylic acids is 5. The van der Waals surface area contributed by atoms with Gasteiger partial charge in [0.2, 0.25) is 29.5 Å². The first-order chi connectivity index (χ1) is 49.2. The molecule has 8 rings (SSSR count). The fraction of sp³-hybridized carbons (Fsp3) is 0.914. The zero-order chi connectivity index (χ0) is 76.8. The van der Waals surface area contributed by atoms with E-state index in [4.69, 9.17) is 71.1 Å². The van der Waals surface area contributed by atoms with E-state index in [9.17, 15) is 131 Å². The Morgan fingerprint density at radius 1 is 0.250 bits per heavy atom. The van der Waals surface area contributed by atoms with Crippen molar-refractivity contribution in [1.29, 1.82) is 0 Å². The maximum absolute atomic E-state index is 12.9. The van der Waals surface area contributed by atoms with E-state index >= 15 is 0 Å². The minimum Gasteiger partial charge on any atom is -0.394 e. The average Bonchev–Trinajstić information content (AvgIpc) is 0.773. The van der Waals surface area contributed by atoms with Crippen LogP contribution < -0.4 is 26.6 Å². The fourth-order valence-corrected chi connectivity index (χ4v) is 13.4. The van der Waals surface area contributed by atoms with E-state index in [-0.39, 0.29) is 0 Å². The van der Waals surface area contributed by atoms with Crippen molar-refractivity contribution >= 4 is 29.5 Å². The molecule has 0 aromatic carbocycles. The molecule has 1 unspecified atom stereocenters. The lowest BCUT2D eigenvalue weighted by Crippen LogP contribution is -2.71. The molecule has 0 aromatic rings. The lowest BCUT2D eigenvalue weighted by atomic mass is 9.93. The van der Waals surface area contributed by atoms with Gasteiger partial charge in [-0.05, 0) is 0 Å². The van der Waals surface area contributed by atoms with E-state index in [0.717, 1.165) is 34.6 Å². The topological polar surface area (TPSA) is 709 Å². The van der Waals surface area contributed by atoms with Crippen LogP contribution in [0.3, 0.4) is 0 Å². The summed E-state index contributed by atoms with van der Waals surface area (Å²) in [5.41, 5.74) is 0. The molecule has 0 aromatic heterocycles. The highest BCUT2D eigenvalue weighted by Crippen LogP contribution is 2.39. The van der Waals surface area contributed by atoms with Crippen LogP contribution in [0.15, 0.2) is 0 Å². The van der Waals surface area contributed by atoms with Crippen molar-refractivity contribution in [2.24, 2.45) is 0 Å². The summed E-state index contributed by atoms with van der Waals surface area (Å²) >= 11 is 0. The number of amides is 5. The van der Waals surface area contributed by atoms with Crippen LogP contribution in [0.4, 0.5) is 0 Å². The number of rotatable bonds is 27. The van der Waals surface area contributed by atoms with E-state index in [1.807, 2.05) is 0 Å². The third-order valence-corrected chi connectivity index (χ3v) is 18.7. The summed E-state index contributed by atoms with van der Waals surface area (Å²) in [6.07, 6.45) is -71.2. The summed E-state index contributed by atoms with van der Waals surface area (Å²) in [4.78, 5) is 62.6. The molecule has 8 saturated heterocycles. The van der Waals surface area contributed by atoms with Crippen LogP contribution >= 0.6 is 0 Å². The zero-order valence-electron chi connectivity index (χ0n) is 56.3. The predicted octanol–water partition coefficient (Wildman–Crippen LogP) is -17.7. The number of ether oxygens (including phenoxy) is 15. The molecule has 8 heterocycles. The van der Waals surface area contributed by atoms with Crippen LogP contribution in [-0.4, -0.2) is 435 Å². The van der Waals surface area contributed by atoms with Gasteiger partial charge in [0.15, 0.2) is 50.3 Å². The highest BCUT2D eigenvalue weighted by atomic mass is 16.8. The molecule has 46 nitrogen and oxygen atoms in total. The first-order valence-corrected chi connectivity index (χ1v) is 33.1. The van der Waals surface area contributed by atoms with Crippen molar-refractivity contribution in [2.45, 2.75) is 280 Å². The second-order valence-electron chi connectivity index (χ2n) is 26.1. The van der Waals surface area contributed by atoms with Crippen molar-refractivity contribution in [3.8, 4) is 0 Å². The van der Waals surface area contributed by atoms with E-state index in [2.05, 4.69) is 26.6 Å². The number of aliphatic hydroxyl groups excluding tert-OH is 21. The summed E-state index contributed by atoms with van der Waals surface area (Å²) in [6.45, 7) is -3.56. The highest BCUT2D eigenvalue weighted by Gasteiger charge is 2.60. The average molecular weight is 1520 g/mol. The molecule has 46 heteroatoms. The Kier molecular flexibility index (Phi) is 30.9. The molecule has 0 aliphatic carbocycles. The molecule has 5 amide bonds. The lowest BCUT2D eigenvalue weighted by molar-refractivity contribution is -0.396. The van der Waals surface area contributed by atoms with E-state index in [1.165, 1.54) is 0 Å². The molecule has 0 spiro atoms. The highest BCUT2D eigenvalue weighted by molar-refractivity contribution is 5.75. The van der Waals surface area contributed by atoms with Crippen LogP contribution in [0, 0.1) is 0 Å². The Labute approximate surface area is 589 Å². The normalized spacial score (nSPS) is 47.2. The van der Waals surface area contributed by atoms with Gasteiger partial charge >= 0.3 is 0 Å². The van der Waals surface area contributed by atoms with Gasteiger partial charge in [0.1, 0.15) is 195 Å². The maximum Gasteiger partial charge on any atom is 0.217 e. The Hall–Kier alpha value is -4.09. The van der Waals surface area contributed by atoms with Gasteiger partial charge in [-0.3, -0.25) is 24.0 Å². The molecule has 8 aliphatic rings. The molecule has 104 heavy (non-hydrogen) atoms. The Morgan fingerprint density at radius 2 is 0.510 bits per heavy atom. The van der Waals surface area contributed by atoms with Crippen LogP contribution in [0.2, 0.25) is 0 Å². The van der Waals surface area contributed by atoms with Gasteiger partial charge in [-0.15, -0.1) is 0 Å². The number of nitrogens with one attached hydrogen (secondary N) is 5. The summed E-state index contributed by atoms with van der Waals surface area (Å²) in [7, 11) is 0. The standard InChI is InChI=1S/C58H97N5O41/c1-14(71)59-27-39(83)45(23(10-68)91-51(27)89)99-54-30(62-17(4)74)41(85)47(25(12-70)96-54)101-56-44(88)48(102-58-50(43(87)35(79)22(9-67)95-58)104-53-29(61-16(3)73)38(82)33(77)20(7-65)93-53)36(80)26(98-56)13-90-57-49(42(86)34(78)21(8-66)94-57)103-55-31(63-18(5)75)40(84)46(24(11-69)97-55)100-52-28(60-15(2)72)37(81)32(76)19(6-64)92-52/h19-58,64-70,76-89H,6-13H2,1-5H3,(H,59,71)(H,60,72)(H,61,73)(H,62,74)(H,63,75)/t19-,20-,21-,22-,23-,24-,25-,26-,27-,28-,29-,30-,31-,32+,33-,34-,35-,36-,37-,38-,39-,40-,41-,42+,43+,44+,45-,46-,47-,48+,49-,50-,51?,52+,53+,54+,55+,56+,57+,58-/m1/s1. The molecule has 40 atom stereocenters. The van der Waals surface area contributed by atoms with Crippen molar-refractivity contribution < 1.29 is 202 Å². The molecular formula is C58H97N5O41. The van der Waals surface area contributed by atoms with Crippen molar-refractivity contribution in [3.05, 3.63) is 0 Å². The van der Waals surface area contributed by atoms with Gasteiger partial charge in [-0.25, -0.2) is 0 Å². The Bertz CT molecular complexity index is 2770. The summed E-state index contributed by atoms with van der Waals surface area (Å²) in [5.74, 6) is -4.24. The number of hydrogen-bond acceptors (Lipinski definition) is 41. The lowest BCUT2D eigenvalue weighted by Gasteiger charge is -2.51. The molecule has 0 saturated carbocycles. The molecule has 8 fully saturated rings. The number of hydrogen-bond donors (Lipinski definition) is 26. The SMILES string of the molecule is CC(=O)N[C@H]1[C@H](O[C@H]2[C@H](O)[C@@H](NC(C)=O)C(O)O[C@@H]2CO)O[C@H](CO)[C@@H](O[C@@H]2O[C@H](CO[C@H]3O[C@H](CO)[C@@H](O)[C@H](O)[C@H]3O[C@@H]3O[C@H](CO)[C@@H](O[C@@H]4O[C@H](CO)[C@H](O)[C@H](O)[C@H]4NC(C)=O)[C@H](O)[C@H]3NC(C)=O)[C@@H](O)[C@H](O[C@H]3O[C@H](CO)[C@@H](O)[C@H](O)[C@H]3O[C@@H]3O[C@H](CO)[C@@H](O)[C@H](O)[C@H]3NC(C)=O)[C@@H]2O)[C@@H]1O. The quantitative estimate of drug-likeness (QED) is 0.0363. The molecule has 0 radical (unpaired) electrons. The van der Waals surface area contributed by atoms with Crippen LogP contribution in [0.5, 0.6) is 0 Å². The number of carbonyl (C=O) groups is 5. The van der Waals surface area contributed by atoms with Gasteiger partial charge in [-0.1, -0.05) is 0 Å². The first kappa shape index (κ1) is 85.5. The second-order valence-corrected chi connectivity index (χ2v) is 26.1. The van der Waals surface area contributed by atoms with E-state index in [1.54, 1.807) is 0 Å². The van der Waals surface area contributed by atoms with Gasteiger partial charge < -0.3 is 205 Å². The van der Waals surface area contributed by atoms with Gasteiger partial charge in [0.25, 0.3) is 0 Å². The predicted molar refractivity (Wildman–Crippen MR) is 322 cm³/mol. The molecule has 0 bridgehead atoms. The third kappa shape index (κ3) is 19.2. The first-order valence-electron chi connectivity index (χ1n) is 33.1. The largest absolute Gasteiger partial charge is 0.394 e. The molecule has 600 valence electrons. The molecular weight excluding hydrogens is 1420 g/mol. The number of aliphatic hydroxyl groups is 21. The van der Waals surface area contributed by atoms with Gasteiger partial charge in [0, 0.05) is 34.6 Å². The Morgan fingerprint density at radius 3 is 0.875 bits per heavy atom. The minimum absolute atomic E-state index is 0.771. The monoisotopic (exact) mass is 1520 g/mol. The van der Waals surface area contributed by atoms with Crippen LogP contribution in [0.1, 0.15) is 34.6 Å². The summed E-state index contributed by atoms with van der Waals surface area (Å²) in [6, 6.07) is -8.78. The van der Waals surface area contributed by atoms with Crippen LogP contribution in [0.25, 0.3) is 0 Å². The summed E-state index contributed by atoms with van der Waals surface area (Å²) < 4.78 is 89.3. The molecule has 8 aliphatic heterocycles. The van der Waals surface area contributed by atoms with Crippen molar-refractivity contribution in [1.82, 2.24) is 26.6 Å². The van der Waals surface area contributed by atoms with Crippen molar-refractivity contribution in [3.63, 3.8) is 0 Å². The minimum atomic E-state index is -2.51. The van der Waals surface area contributed by atoms with E-state index in [0.29, 0.717) is 0 Å².